The van der Waals surface area contributed by atoms with E-state index >= 15 is 0 Å². The predicted octanol–water partition coefficient (Wildman–Crippen LogP) is 0.396. The summed E-state index contributed by atoms with van der Waals surface area (Å²) in [5.41, 5.74) is 1.93. The number of aromatic hydroxyl groups is 1. The van der Waals surface area contributed by atoms with Gasteiger partial charge in [0.25, 0.3) is 0 Å². The van der Waals surface area contributed by atoms with E-state index in [-0.39, 0.29) is 5.75 Å². The number of aliphatic hydroxyl groups excluding tert-OH is 3. The minimum absolute atomic E-state index is 0.124. The monoisotopic (exact) mass is 212 g/mol. The number of hydrogen-bond acceptors (Lipinski definition) is 4. The second-order valence-electron chi connectivity index (χ2n) is 3.69. The first-order valence-corrected chi connectivity index (χ1v) is 4.74. The van der Waals surface area contributed by atoms with Crippen LogP contribution in [0.4, 0.5) is 0 Å². The summed E-state index contributed by atoms with van der Waals surface area (Å²) in [5.74, 6) is 0.124. The molecule has 1 aromatic rings. The van der Waals surface area contributed by atoms with Crippen LogP contribution in [-0.2, 0) is 0 Å². The van der Waals surface area contributed by atoms with Crippen LogP contribution in [-0.4, -0.2) is 33.1 Å². The number of aliphatic hydroxyl groups is 3. The molecule has 0 bridgehead atoms. The molecule has 2 unspecified atom stereocenters. The van der Waals surface area contributed by atoms with Crippen LogP contribution >= 0.6 is 0 Å². The molecule has 0 radical (unpaired) electrons. The molecule has 0 spiro atoms. The second-order valence-corrected chi connectivity index (χ2v) is 3.69. The van der Waals surface area contributed by atoms with E-state index in [0.717, 1.165) is 0 Å². The van der Waals surface area contributed by atoms with Gasteiger partial charge in [0.1, 0.15) is 18.0 Å². The van der Waals surface area contributed by atoms with Gasteiger partial charge in [-0.2, -0.15) is 0 Å². The second kappa shape index (κ2) is 4.61. The lowest BCUT2D eigenvalue weighted by molar-refractivity contribution is -0.0158. The first-order valence-electron chi connectivity index (χ1n) is 4.74. The van der Waals surface area contributed by atoms with Gasteiger partial charge in [-0.15, -0.1) is 0 Å². The fourth-order valence-electron chi connectivity index (χ4n) is 1.71. The van der Waals surface area contributed by atoms with Gasteiger partial charge in [-0.05, 0) is 42.7 Å². The molecule has 4 heteroatoms. The minimum atomic E-state index is -1.20. The Morgan fingerprint density at radius 3 is 2.00 bits per heavy atom. The maximum atomic E-state index is 9.75. The molecule has 4 N–H and O–H groups in total. The molecule has 0 saturated heterocycles. The minimum Gasteiger partial charge on any atom is -0.508 e. The Hall–Kier alpha value is -1.10. The first kappa shape index (κ1) is 12.0. The number of aryl methyl sites for hydroxylation is 2. The fraction of sp³-hybridized carbons (Fsp3) is 0.455. The summed E-state index contributed by atoms with van der Waals surface area (Å²) in [6.45, 7) is 2.96. The number of benzene rings is 1. The van der Waals surface area contributed by atoms with Gasteiger partial charge in [-0.3, -0.25) is 0 Å². The average Bonchev–Trinajstić information content (AvgIpc) is 2.14. The number of phenols is 1. The third-order valence-electron chi connectivity index (χ3n) is 2.43. The fourth-order valence-corrected chi connectivity index (χ4v) is 1.71. The van der Waals surface area contributed by atoms with Gasteiger partial charge in [0.15, 0.2) is 0 Å². The van der Waals surface area contributed by atoms with E-state index in [9.17, 15) is 15.3 Å². The zero-order valence-electron chi connectivity index (χ0n) is 8.81. The van der Waals surface area contributed by atoms with Crippen LogP contribution in [0.2, 0.25) is 0 Å². The van der Waals surface area contributed by atoms with E-state index in [2.05, 4.69) is 0 Å². The third kappa shape index (κ3) is 2.47. The maximum absolute atomic E-state index is 9.75. The van der Waals surface area contributed by atoms with Gasteiger partial charge in [-0.1, -0.05) is 0 Å². The van der Waals surface area contributed by atoms with Gasteiger partial charge in [0.2, 0.25) is 0 Å². The van der Waals surface area contributed by atoms with E-state index in [1.165, 1.54) is 12.1 Å². The lowest BCUT2D eigenvalue weighted by Crippen LogP contribution is -2.23. The zero-order valence-corrected chi connectivity index (χ0v) is 8.81. The summed E-state index contributed by atoms with van der Waals surface area (Å²) in [4.78, 5) is 0. The highest BCUT2D eigenvalue weighted by atomic mass is 16.4. The molecule has 15 heavy (non-hydrogen) atoms. The molecule has 84 valence electrons. The summed E-state index contributed by atoms with van der Waals surface area (Å²) in [6, 6.07) is 3.02. The van der Waals surface area contributed by atoms with Crippen molar-refractivity contribution in [1.29, 1.82) is 0 Å². The van der Waals surface area contributed by atoms with Crippen LogP contribution in [0.25, 0.3) is 0 Å². The first-order chi connectivity index (χ1) is 6.97. The molecule has 2 atom stereocenters. The van der Waals surface area contributed by atoms with E-state index < -0.39 is 18.8 Å². The Morgan fingerprint density at radius 1 is 1.13 bits per heavy atom. The van der Waals surface area contributed by atoms with Crippen molar-refractivity contribution in [3.63, 3.8) is 0 Å². The lowest BCUT2D eigenvalue weighted by atomic mass is 9.94. The van der Waals surface area contributed by atoms with Gasteiger partial charge in [-0.25, -0.2) is 0 Å². The van der Waals surface area contributed by atoms with Crippen molar-refractivity contribution in [2.45, 2.75) is 26.1 Å². The highest BCUT2D eigenvalue weighted by molar-refractivity contribution is 5.42. The largest absolute Gasteiger partial charge is 0.508 e. The van der Waals surface area contributed by atoms with E-state index in [0.29, 0.717) is 16.7 Å². The van der Waals surface area contributed by atoms with Crippen LogP contribution < -0.4 is 0 Å². The number of rotatable bonds is 3. The van der Waals surface area contributed by atoms with Crippen molar-refractivity contribution < 1.29 is 20.4 Å². The summed E-state index contributed by atoms with van der Waals surface area (Å²) >= 11 is 0. The van der Waals surface area contributed by atoms with Gasteiger partial charge < -0.3 is 20.4 Å². The molecule has 0 amide bonds. The van der Waals surface area contributed by atoms with Crippen molar-refractivity contribution in [2.75, 3.05) is 6.61 Å². The van der Waals surface area contributed by atoms with Crippen molar-refractivity contribution in [2.24, 2.45) is 0 Å². The molecule has 4 nitrogen and oxygen atoms in total. The van der Waals surface area contributed by atoms with E-state index in [1.54, 1.807) is 13.8 Å². The van der Waals surface area contributed by atoms with Gasteiger partial charge in [0.05, 0.1) is 6.61 Å². The Kier molecular flexibility index (Phi) is 3.68. The number of hydrogen-bond donors (Lipinski definition) is 4. The summed E-state index contributed by atoms with van der Waals surface area (Å²) in [5, 5.41) is 37.1. The van der Waals surface area contributed by atoms with Crippen LogP contribution in [0, 0.1) is 13.8 Å². The van der Waals surface area contributed by atoms with Crippen molar-refractivity contribution in [3.8, 4) is 5.75 Å². The van der Waals surface area contributed by atoms with Gasteiger partial charge >= 0.3 is 0 Å². The summed E-state index contributed by atoms with van der Waals surface area (Å²) < 4.78 is 0. The topological polar surface area (TPSA) is 80.9 Å². The van der Waals surface area contributed by atoms with E-state index in [1.807, 2.05) is 0 Å². The van der Waals surface area contributed by atoms with Crippen LogP contribution in [0.3, 0.4) is 0 Å². The third-order valence-corrected chi connectivity index (χ3v) is 2.43. The summed E-state index contributed by atoms with van der Waals surface area (Å²) in [7, 11) is 0. The molecule has 0 aliphatic heterocycles. The molecule has 0 aromatic heterocycles. The number of phenolic OH excluding ortho intramolecular Hbond substituents is 1. The Bertz CT molecular complexity index is 325. The average molecular weight is 212 g/mol. The highest BCUT2D eigenvalue weighted by Gasteiger charge is 2.21. The Balaban J connectivity index is 3.13. The smallest absolute Gasteiger partial charge is 0.116 e. The molecule has 0 aliphatic rings. The molecule has 0 fully saturated rings. The summed E-state index contributed by atoms with van der Waals surface area (Å²) in [6.07, 6.45) is -2.33. The zero-order chi connectivity index (χ0) is 11.6. The van der Waals surface area contributed by atoms with Crippen molar-refractivity contribution in [1.82, 2.24) is 0 Å². The Morgan fingerprint density at radius 2 is 1.60 bits per heavy atom. The molecular formula is C11H16O4. The van der Waals surface area contributed by atoms with Crippen LogP contribution in [0.1, 0.15) is 22.8 Å². The van der Waals surface area contributed by atoms with E-state index in [4.69, 9.17) is 5.11 Å². The van der Waals surface area contributed by atoms with Crippen molar-refractivity contribution >= 4 is 0 Å². The van der Waals surface area contributed by atoms with Crippen LogP contribution in [0.15, 0.2) is 12.1 Å². The molecule has 0 heterocycles. The van der Waals surface area contributed by atoms with Gasteiger partial charge in [0, 0.05) is 0 Å². The molecule has 0 saturated carbocycles. The highest BCUT2D eigenvalue weighted by Crippen LogP contribution is 2.28. The van der Waals surface area contributed by atoms with Crippen molar-refractivity contribution in [3.05, 3.63) is 28.8 Å². The normalized spacial score (nSPS) is 15.0. The SMILES string of the molecule is Cc1cc(O)cc(C)c1C(O)C(O)CO. The standard InChI is InChI=1S/C11H16O4/c1-6-3-8(13)4-7(2)10(6)11(15)9(14)5-12/h3-4,9,11-15H,5H2,1-2H3. The predicted molar refractivity (Wildman–Crippen MR) is 55.6 cm³/mol. The lowest BCUT2D eigenvalue weighted by Gasteiger charge is -2.20. The Labute approximate surface area is 88.4 Å². The molecular weight excluding hydrogens is 196 g/mol. The maximum Gasteiger partial charge on any atom is 0.116 e. The molecule has 0 aliphatic carbocycles. The quantitative estimate of drug-likeness (QED) is 0.584. The molecule has 1 aromatic carbocycles. The van der Waals surface area contributed by atoms with Crippen LogP contribution in [0.5, 0.6) is 5.75 Å². The molecule has 1 rings (SSSR count).